The molecule has 0 radical (unpaired) electrons. The molecule has 1 amide bonds. The van der Waals surface area contributed by atoms with Crippen LogP contribution in [0.2, 0.25) is 0 Å². The van der Waals surface area contributed by atoms with Crippen LogP contribution in [0.4, 0.5) is 5.69 Å². The van der Waals surface area contributed by atoms with E-state index in [1.807, 2.05) is 80.1 Å². The minimum Gasteiger partial charge on any atom is -0.494 e. The highest BCUT2D eigenvalue weighted by Gasteiger charge is 2.15. The van der Waals surface area contributed by atoms with Crippen molar-refractivity contribution >= 4 is 23.4 Å². The number of aryl methyl sites for hydroxylation is 1. The zero-order chi connectivity index (χ0) is 19.9. The Hall–Kier alpha value is -2.73. The zero-order valence-corrected chi connectivity index (χ0v) is 17.3. The maximum atomic E-state index is 12.4. The fraction of sp³-hybridized carbons (Fsp3) is 0.273. The van der Waals surface area contributed by atoms with E-state index >= 15 is 0 Å². The van der Waals surface area contributed by atoms with E-state index in [0.717, 1.165) is 33.4 Å². The molecule has 0 bridgehead atoms. The van der Waals surface area contributed by atoms with Gasteiger partial charge in [0.25, 0.3) is 0 Å². The fourth-order valence-corrected chi connectivity index (χ4v) is 3.76. The van der Waals surface area contributed by atoms with E-state index < -0.39 is 0 Å². The second kappa shape index (κ2) is 9.46. The number of para-hydroxylation sites is 1. The minimum absolute atomic E-state index is 0.00255. The topological polar surface area (TPSA) is 56.1 Å². The number of hydrogen-bond donors (Lipinski definition) is 1. The summed E-state index contributed by atoms with van der Waals surface area (Å²) in [5.41, 5.74) is 3.51. The van der Waals surface area contributed by atoms with Crippen molar-refractivity contribution in [2.24, 2.45) is 0 Å². The van der Waals surface area contributed by atoms with Crippen molar-refractivity contribution in [1.29, 1.82) is 0 Å². The largest absolute Gasteiger partial charge is 0.494 e. The van der Waals surface area contributed by atoms with E-state index in [0.29, 0.717) is 18.8 Å². The lowest BCUT2D eigenvalue weighted by Gasteiger charge is -2.08. The van der Waals surface area contributed by atoms with Gasteiger partial charge in [-0.25, -0.2) is 4.68 Å². The maximum Gasteiger partial charge on any atom is 0.225 e. The van der Waals surface area contributed by atoms with Crippen LogP contribution in [0.5, 0.6) is 5.75 Å². The summed E-state index contributed by atoms with van der Waals surface area (Å²) in [6, 6.07) is 17.9. The molecule has 1 aromatic heterocycles. The first-order valence-electron chi connectivity index (χ1n) is 9.35. The van der Waals surface area contributed by atoms with Crippen molar-refractivity contribution in [2.45, 2.75) is 32.1 Å². The smallest absolute Gasteiger partial charge is 0.225 e. The fourth-order valence-electron chi connectivity index (χ4n) is 2.91. The summed E-state index contributed by atoms with van der Waals surface area (Å²) in [6.07, 6.45) is 0.438. The van der Waals surface area contributed by atoms with Gasteiger partial charge in [0, 0.05) is 17.1 Å². The van der Waals surface area contributed by atoms with Crippen molar-refractivity contribution in [1.82, 2.24) is 9.78 Å². The molecule has 0 saturated heterocycles. The molecule has 0 aliphatic carbocycles. The highest BCUT2D eigenvalue weighted by atomic mass is 32.2. The molecule has 0 aliphatic rings. The maximum absolute atomic E-state index is 12.4. The number of nitrogens with one attached hydrogen (secondary N) is 1. The van der Waals surface area contributed by atoms with Gasteiger partial charge in [-0.2, -0.15) is 5.10 Å². The summed E-state index contributed by atoms with van der Waals surface area (Å²) in [7, 11) is 0. The quantitative estimate of drug-likeness (QED) is 0.545. The molecule has 3 rings (SSSR count). The van der Waals surface area contributed by atoms with Crippen molar-refractivity contribution < 1.29 is 9.53 Å². The summed E-state index contributed by atoms with van der Waals surface area (Å²) >= 11 is 1.66. The van der Waals surface area contributed by atoms with Gasteiger partial charge in [0.2, 0.25) is 5.91 Å². The Balaban J connectivity index is 1.56. The number of aromatic nitrogens is 2. The summed E-state index contributed by atoms with van der Waals surface area (Å²) in [6.45, 7) is 6.51. The number of anilines is 1. The Kier molecular flexibility index (Phi) is 6.76. The first kappa shape index (κ1) is 20.0. The van der Waals surface area contributed by atoms with Crippen LogP contribution in [-0.2, 0) is 4.79 Å². The van der Waals surface area contributed by atoms with Crippen LogP contribution in [-0.4, -0.2) is 28.0 Å². The molecule has 3 aromatic rings. The third-order valence-corrected chi connectivity index (χ3v) is 5.30. The molecule has 0 aliphatic heterocycles. The van der Waals surface area contributed by atoms with Crippen LogP contribution in [0, 0.1) is 13.8 Å². The van der Waals surface area contributed by atoms with Crippen LogP contribution in [0.1, 0.15) is 24.7 Å². The number of hydrogen-bond acceptors (Lipinski definition) is 4. The van der Waals surface area contributed by atoms with Crippen LogP contribution < -0.4 is 10.1 Å². The highest BCUT2D eigenvalue weighted by molar-refractivity contribution is 7.99. The Labute approximate surface area is 170 Å². The van der Waals surface area contributed by atoms with E-state index in [2.05, 4.69) is 10.4 Å². The predicted octanol–water partition coefficient (Wildman–Crippen LogP) is 5.01. The Morgan fingerprint density at radius 3 is 2.50 bits per heavy atom. The third-order valence-electron chi connectivity index (χ3n) is 4.29. The second-order valence-corrected chi connectivity index (χ2v) is 7.51. The van der Waals surface area contributed by atoms with E-state index in [1.54, 1.807) is 11.8 Å². The molecule has 0 unspecified atom stereocenters. The molecule has 28 heavy (non-hydrogen) atoms. The van der Waals surface area contributed by atoms with Gasteiger partial charge >= 0.3 is 0 Å². The number of amides is 1. The SMILES string of the molecule is CCOc1ccc(SCCC(=O)Nc2c(C)nn(-c3ccccc3)c2C)cc1. The van der Waals surface area contributed by atoms with E-state index in [-0.39, 0.29) is 5.91 Å². The first-order valence-corrected chi connectivity index (χ1v) is 10.3. The molecule has 6 heteroatoms. The Morgan fingerprint density at radius 2 is 1.82 bits per heavy atom. The summed E-state index contributed by atoms with van der Waals surface area (Å²) in [4.78, 5) is 13.5. The lowest BCUT2D eigenvalue weighted by molar-refractivity contribution is -0.115. The number of ether oxygens (including phenoxy) is 1. The third kappa shape index (κ3) is 4.95. The highest BCUT2D eigenvalue weighted by Crippen LogP contribution is 2.24. The van der Waals surface area contributed by atoms with Gasteiger partial charge in [-0.15, -0.1) is 11.8 Å². The van der Waals surface area contributed by atoms with Gasteiger partial charge in [-0.1, -0.05) is 18.2 Å². The van der Waals surface area contributed by atoms with Gasteiger partial charge in [0.05, 0.1) is 29.4 Å². The second-order valence-electron chi connectivity index (χ2n) is 6.34. The van der Waals surface area contributed by atoms with Crippen molar-refractivity contribution in [3.63, 3.8) is 0 Å². The number of carbonyl (C=O) groups is 1. The Morgan fingerprint density at radius 1 is 1.11 bits per heavy atom. The van der Waals surface area contributed by atoms with Crippen molar-refractivity contribution in [2.75, 3.05) is 17.7 Å². The molecule has 0 atom stereocenters. The molecular weight excluding hydrogens is 370 g/mol. The molecular formula is C22H25N3O2S. The van der Waals surface area contributed by atoms with Crippen molar-refractivity contribution in [3.05, 3.63) is 66.0 Å². The van der Waals surface area contributed by atoms with E-state index in [4.69, 9.17) is 4.74 Å². The van der Waals surface area contributed by atoms with Crippen LogP contribution in [0.3, 0.4) is 0 Å². The van der Waals surface area contributed by atoms with Crippen LogP contribution in [0.15, 0.2) is 59.5 Å². The summed E-state index contributed by atoms with van der Waals surface area (Å²) in [5, 5.41) is 7.59. The summed E-state index contributed by atoms with van der Waals surface area (Å²) in [5.74, 6) is 1.58. The number of rotatable bonds is 8. The Bertz CT molecular complexity index is 921. The van der Waals surface area contributed by atoms with E-state index in [9.17, 15) is 4.79 Å². The van der Waals surface area contributed by atoms with Crippen molar-refractivity contribution in [3.8, 4) is 11.4 Å². The number of carbonyl (C=O) groups excluding carboxylic acids is 1. The average Bonchev–Trinajstić information content (AvgIpc) is 2.98. The molecule has 0 spiro atoms. The number of thioether (sulfide) groups is 1. The van der Waals surface area contributed by atoms with Gasteiger partial charge in [-0.3, -0.25) is 4.79 Å². The first-order chi connectivity index (χ1) is 13.6. The lowest BCUT2D eigenvalue weighted by Crippen LogP contribution is -2.13. The van der Waals surface area contributed by atoms with E-state index in [1.165, 1.54) is 0 Å². The standard InChI is InChI=1S/C22H25N3O2S/c1-4-27-19-10-12-20(13-11-19)28-15-14-21(26)23-22-16(2)24-25(17(22)3)18-8-6-5-7-9-18/h5-13H,4,14-15H2,1-3H3,(H,23,26). The van der Waals surface area contributed by atoms with Gasteiger partial charge in [0.1, 0.15) is 5.75 Å². The minimum atomic E-state index is -0.00255. The van der Waals surface area contributed by atoms with Gasteiger partial charge in [0.15, 0.2) is 0 Å². The van der Waals surface area contributed by atoms with Crippen LogP contribution >= 0.6 is 11.8 Å². The number of nitrogens with zero attached hydrogens (tertiary/aromatic N) is 2. The molecule has 0 fully saturated rings. The molecule has 1 heterocycles. The monoisotopic (exact) mass is 395 g/mol. The number of benzene rings is 2. The lowest BCUT2D eigenvalue weighted by atomic mass is 10.3. The van der Waals surface area contributed by atoms with Crippen LogP contribution in [0.25, 0.3) is 5.69 Å². The molecule has 0 saturated carbocycles. The molecule has 2 aromatic carbocycles. The molecule has 146 valence electrons. The van der Waals surface area contributed by atoms with Gasteiger partial charge in [-0.05, 0) is 57.2 Å². The molecule has 5 nitrogen and oxygen atoms in total. The van der Waals surface area contributed by atoms with Gasteiger partial charge < -0.3 is 10.1 Å². The normalized spacial score (nSPS) is 10.7. The predicted molar refractivity (Wildman–Crippen MR) is 115 cm³/mol. The average molecular weight is 396 g/mol. The summed E-state index contributed by atoms with van der Waals surface area (Å²) < 4.78 is 7.31. The zero-order valence-electron chi connectivity index (χ0n) is 16.4. The molecule has 1 N–H and O–H groups in total.